The fourth-order valence-electron chi connectivity index (χ4n) is 3.30. The van der Waals surface area contributed by atoms with Gasteiger partial charge in [0, 0.05) is 24.5 Å². The van der Waals surface area contributed by atoms with E-state index in [1.54, 1.807) is 29.3 Å². The summed E-state index contributed by atoms with van der Waals surface area (Å²) in [6, 6.07) is 14.3. The van der Waals surface area contributed by atoms with Gasteiger partial charge >= 0.3 is 0 Å². The normalized spacial score (nSPS) is 13.6. The molecule has 2 heterocycles. The summed E-state index contributed by atoms with van der Waals surface area (Å²) in [5.41, 5.74) is 2.96. The predicted octanol–water partition coefficient (Wildman–Crippen LogP) is 3.66. The number of nitrogens with zero attached hydrogens (tertiary/aromatic N) is 3. The number of aryl methyl sites for hydroxylation is 1. The molecule has 1 aliphatic heterocycles. The molecule has 4 rings (SSSR count). The molecule has 0 N–H and O–H groups in total. The first-order chi connectivity index (χ1) is 12.2. The number of benzene rings is 2. The van der Waals surface area contributed by atoms with E-state index in [0.29, 0.717) is 24.3 Å². The van der Waals surface area contributed by atoms with Crippen molar-refractivity contribution in [3.8, 4) is 0 Å². The number of aromatic nitrogens is 2. The largest absolute Gasteiger partial charge is 0.305 e. The molecule has 0 atom stereocenters. The van der Waals surface area contributed by atoms with E-state index in [4.69, 9.17) is 0 Å². The molecule has 2 aromatic carbocycles. The van der Waals surface area contributed by atoms with Crippen molar-refractivity contribution in [1.29, 1.82) is 0 Å². The average Bonchev–Trinajstić information content (AvgIpc) is 3.15. The van der Waals surface area contributed by atoms with Crippen LogP contribution in [0, 0.1) is 5.82 Å². The van der Waals surface area contributed by atoms with E-state index >= 15 is 0 Å². The Morgan fingerprint density at radius 2 is 1.96 bits per heavy atom. The summed E-state index contributed by atoms with van der Waals surface area (Å²) in [5, 5.41) is 4.18. The minimum atomic E-state index is -0.333. The van der Waals surface area contributed by atoms with Gasteiger partial charge in [0.05, 0.1) is 12.2 Å². The van der Waals surface area contributed by atoms with E-state index in [9.17, 15) is 9.18 Å². The summed E-state index contributed by atoms with van der Waals surface area (Å²) in [6.07, 6.45) is 5.28. The Balaban J connectivity index is 1.58. The van der Waals surface area contributed by atoms with E-state index in [0.717, 1.165) is 24.0 Å². The number of hydrogen-bond donors (Lipinski definition) is 0. The molecule has 1 aliphatic rings. The monoisotopic (exact) mass is 335 g/mol. The molecule has 0 unspecified atom stereocenters. The van der Waals surface area contributed by atoms with E-state index in [1.165, 1.54) is 6.07 Å². The third kappa shape index (κ3) is 3.05. The van der Waals surface area contributed by atoms with Crippen LogP contribution in [0.3, 0.4) is 0 Å². The molecule has 25 heavy (non-hydrogen) atoms. The second kappa shape index (κ2) is 6.51. The fraction of sp³-hybridized carbons (Fsp3) is 0.200. The van der Waals surface area contributed by atoms with Crippen LogP contribution in [0.2, 0.25) is 0 Å². The zero-order valence-electron chi connectivity index (χ0n) is 13.7. The maximum atomic E-state index is 14.3. The Morgan fingerprint density at radius 1 is 1.12 bits per heavy atom. The molecule has 0 fully saturated rings. The molecule has 5 heteroatoms. The van der Waals surface area contributed by atoms with Crippen LogP contribution in [0.15, 0.2) is 60.9 Å². The van der Waals surface area contributed by atoms with Gasteiger partial charge in [-0.05, 0) is 48.2 Å². The highest BCUT2D eigenvalue weighted by molar-refractivity contribution is 6.06. The van der Waals surface area contributed by atoms with E-state index in [2.05, 4.69) is 5.10 Å². The Labute approximate surface area is 145 Å². The Hall–Kier alpha value is -2.95. The summed E-state index contributed by atoms with van der Waals surface area (Å²) in [5.74, 6) is -0.488. The summed E-state index contributed by atoms with van der Waals surface area (Å²) in [7, 11) is 0. The van der Waals surface area contributed by atoms with Gasteiger partial charge in [-0.2, -0.15) is 5.10 Å². The number of amides is 1. The second-order valence-corrected chi connectivity index (χ2v) is 6.21. The first kappa shape index (κ1) is 15.6. The minimum absolute atomic E-state index is 0.156. The van der Waals surface area contributed by atoms with Gasteiger partial charge in [-0.3, -0.25) is 9.48 Å². The second-order valence-electron chi connectivity index (χ2n) is 6.21. The lowest BCUT2D eigenvalue weighted by Crippen LogP contribution is -2.36. The SMILES string of the molecule is O=C(c1ccc(Cn2cccn2)cc1)N1CCCc2cccc(F)c21. The highest BCUT2D eigenvalue weighted by Gasteiger charge is 2.26. The molecule has 126 valence electrons. The molecule has 0 bridgehead atoms. The highest BCUT2D eigenvalue weighted by Crippen LogP contribution is 2.31. The first-order valence-electron chi connectivity index (χ1n) is 8.38. The van der Waals surface area contributed by atoms with Crippen molar-refractivity contribution in [3.63, 3.8) is 0 Å². The summed E-state index contributed by atoms with van der Waals surface area (Å²) >= 11 is 0. The third-order valence-electron chi connectivity index (χ3n) is 4.52. The molecule has 0 aliphatic carbocycles. The summed E-state index contributed by atoms with van der Waals surface area (Å²) in [6.45, 7) is 1.20. The van der Waals surface area contributed by atoms with Crippen LogP contribution in [0.4, 0.5) is 10.1 Å². The number of para-hydroxylation sites is 1. The van der Waals surface area contributed by atoms with Gasteiger partial charge < -0.3 is 4.90 Å². The summed E-state index contributed by atoms with van der Waals surface area (Å²) < 4.78 is 16.1. The first-order valence-corrected chi connectivity index (χ1v) is 8.38. The van der Waals surface area contributed by atoms with Crippen LogP contribution < -0.4 is 4.90 Å². The standard InChI is InChI=1S/C20H18FN3O/c21-18-6-1-4-16-5-2-13-24(19(16)18)20(25)17-9-7-15(8-10-17)14-23-12-3-11-22-23/h1,3-4,6-12H,2,5,13-14H2. The average molecular weight is 335 g/mol. The Morgan fingerprint density at radius 3 is 2.72 bits per heavy atom. The fourth-order valence-corrected chi connectivity index (χ4v) is 3.30. The maximum Gasteiger partial charge on any atom is 0.258 e. The molecule has 0 saturated heterocycles. The quantitative estimate of drug-likeness (QED) is 0.732. The zero-order chi connectivity index (χ0) is 17.2. The Kier molecular flexibility index (Phi) is 4.06. The van der Waals surface area contributed by atoms with Crippen molar-refractivity contribution in [1.82, 2.24) is 9.78 Å². The lowest BCUT2D eigenvalue weighted by Gasteiger charge is -2.30. The van der Waals surface area contributed by atoms with Gasteiger partial charge in [0.1, 0.15) is 5.82 Å². The van der Waals surface area contributed by atoms with Crippen molar-refractivity contribution in [3.05, 3.63) is 83.4 Å². The van der Waals surface area contributed by atoms with Gasteiger partial charge in [-0.25, -0.2) is 4.39 Å². The van der Waals surface area contributed by atoms with Crippen molar-refractivity contribution < 1.29 is 9.18 Å². The third-order valence-corrected chi connectivity index (χ3v) is 4.52. The molecule has 0 radical (unpaired) electrons. The van der Waals surface area contributed by atoms with Crippen LogP contribution in [-0.4, -0.2) is 22.2 Å². The van der Waals surface area contributed by atoms with Crippen LogP contribution in [0.1, 0.15) is 27.9 Å². The molecular weight excluding hydrogens is 317 g/mol. The molecule has 0 saturated carbocycles. The smallest absolute Gasteiger partial charge is 0.258 e. The number of fused-ring (bicyclic) bond motifs is 1. The topological polar surface area (TPSA) is 38.1 Å². The van der Waals surface area contributed by atoms with Crippen molar-refractivity contribution >= 4 is 11.6 Å². The van der Waals surface area contributed by atoms with Crippen LogP contribution in [0.5, 0.6) is 0 Å². The number of rotatable bonds is 3. The molecule has 4 nitrogen and oxygen atoms in total. The Bertz CT molecular complexity index is 888. The molecule has 0 spiro atoms. The van der Waals surface area contributed by atoms with Crippen LogP contribution in [-0.2, 0) is 13.0 Å². The lowest BCUT2D eigenvalue weighted by atomic mass is 10.00. The van der Waals surface area contributed by atoms with Gasteiger partial charge in [0.15, 0.2) is 0 Å². The van der Waals surface area contributed by atoms with E-state index in [-0.39, 0.29) is 11.7 Å². The van der Waals surface area contributed by atoms with Crippen molar-refractivity contribution in [2.45, 2.75) is 19.4 Å². The number of anilines is 1. The summed E-state index contributed by atoms with van der Waals surface area (Å²) in [4.78, 5) is 14.5. The van der Waals surface area contributed by atoms with E-state index in [1.807, 2.05) is 35.1 Å². The number of carbonyl (C=O) groups is 1. The molecular formula is C20H18FN3O. The molecule has 1 aromatic heterocycles. The number of hydrogen-bond acceptors (Lipinski definition) is 2. The molecule has 1 amide bonds. The number of halogens is 1. The lowest BCUT2D eigenvalue weighted by molar-refractivity contribution is 0.0984. The van der Waals surface area contributed by atoms with Gasteiger partial charge in [-0.1, -0.05) is 24.3 Å². The van der Waals surface area contributed by atoms with Crippen LogP contribution >= 0.6 is 0 Å². The van der Waals surface area contributed by atoms with Gasteiger partial charge in [0.2, 0.25) is 0 Å². The van der Waals surface area contributed by atoms with Crippen LogP contribution in [0.25, 0.3) is 0 Å². The van der Waals surface area contributed by atoms with E-state index < -0.39 is 0 Å². The predicted molar refractivity (Wildman–Crippen MR) is 94.2 cm³/mol. The molecule has 3 aromatic rings. The van der Waals surface area contributed by atoms with Crippen molar-refractivity contribution in [2.24, 2.45) is 0 Å². The minimum Gasteiger partial charge on any atom is -0.305 e. The van der Waals surface area contributed by atoms with Gasteiger partial charge in [-0.15, -0.1) is 0 Å². The maximum absolute atomic E-state index is 14.3. The number of carbonyl (C=O) groups excluding carboxylic acids is 1. The highest BCUT2D eigenvalue weighted by atomic mass is 19.1. The van der Waals surface area contributed by atoms with Crippen molar-refractivity contribution in [2.75, 3.05) is 11.4 Å². The van der Waals surface area contributed by atoms with Gasteiger partial charge in [0.25, 0.3) is 5.91 Å². The zero-order valence-corrected chi connectivity index (χ0v) is 13.7.